The van der Waals surface area contributed by atoms with Crippen LogP contribution in [0.3, 0.4) is 0 Å². The van der Waals surface area contributed by atoms with Crippen LogP contribution in [0.4, 0.5) is 0 Å². The van der Waals surface area contributed by atoms with Gasteiger partial charge in [-0.1, -0.05) is 18.5 Å². The predicted octanol–water partition coefficient (Wildman–Crippen LogP) is 3.01. The van der Waals surface area contributed by atoms with E-state index in [0.29, 0.717) is 4.47 Å². The summed E-state index contributed by atoms with van der Waals surface area (Å²) in [5.41, 5.74) is 0. The van der Waals surface area contributed by atoms with Gasteiger partial charge >= 0.3 is 0 Å². The van der Waals surface area contributed by atoms with Crippen molar-refractivity contribution >= 4 is 22.9 Å². The molecule has 1 aliphatic heterocycles. The topological polar surface area (TPSA) is 28.2 Å². The van der Waals surface area contributed by atoms with Crippen LogP contribution >= 0.6 is 22.9 Å². The summed E-state index contributed by atoms with van der Waals surface area (Å²) in [7, 11) is 0. The Kier molecular flexibility index (Phi) is 5.89. The van der Waals surface area contributed by atoms with Crippen molar-refractivity contribution in [3.8, 4) is 0 Å². The summed E-state index contributed by atoms with van der Waals surface area (Å²) in [4.78, 5) is 7.96. The van der Waals surface area contributed by atoms with Crippen LogP contribution in [0.15, 0.2) is 6.20 Å². The lowest BCUT2D eigenvalue weighted by atomic mass is 9.97. The summed E-state index contributed by atoms with van der Waals surface area (Å²) < 4.78 is 0.656. The molecule has 0 spiro atoms. The smallest absolute Gasteiger partial charge is 0.183 e. The molecule has 1 aromatic rings. The van der Waals surface area contributed by atoms with Gasteiger partial charge in [0.2, 0.25) is 0 Å². The zero-order valence-electron chi connectivity index (χ0n) is 11.0. The van der Waals surface area contributed by atoms with Crippen molar-refractivity contribution in [1.29, 1.82) is 0 Å². The number of nitrogens with zero attached hydrogens (tertiary/aromatic N) is 2. The lowest BCUT2D eigenvalue weighted by Crippen LogP contribution is -2.36. The minimum absolute atomic E-state index is 0.656. The number of hydrogen-bond donors (Lipinski definition) is 1. The largest absolute Gasteiger partial charge is 0.317 e. The van der Waals surface area contributed by atoms with Crippen LogP contribution in [0.5, 0.6) is 0 Å². The van der Waals surface area contributed by atoms with E-state index in [9.17, 15) is 0 Å². The van der Waals surface area contributed by atoms with Crippen LogP contribution < -0.4 is 5.32 Å². The zero-order chi connectivity index (χ0) is 12.8. The van der Waals surface area contributed by atoms with Gasteiger partial charge in [0, 0.05) is 24.2 Å². The molecule has 2 heterocycles. The van der Waals surface area contributed by atoms with Gasteiger partial charge in [0.25, 0.3) is 0 Å². The summed E-state index contributed by atoms with van der Waals surface area (Å²) in [5, 5.41) is 3.43. The third kappa shape index (κ3) is 4.50. The maximum absolute atomic E-state index is 5.89. The second kappa shape index (κ2) is 7.43. The van der Waals surface area contributed by atoms with Gasteiger partial charge in [0.15, 0.2) is 4.47 Å². The highest BCUT2D eigenvalue weighted by molar-refractivity contribution is 7.15. The molecule has 0 unspecified atom stereocenters. The lowest BCUT2D eigenvalue weighted by Gasteiger charge is -2.29. The Morgan fingerprint density at radius 1 is 1.50 bits per heavy atom. The Bertz CT molecular complexity index is 350. The van der Waals surface area contributed by atoms with Crippen molar-refractivity contribution in [2.24, 2.45) is 5.92 Å². The first-order chi connectivity index (χ1) is 8.78. The zero-order valence-corrected chi connectivity index (χ0v) is 12.6. The Hall–Kier alpha value is -0.160. The Labute approximate surface area is 119 Å². The van der Waals surface area contributed by atoms with Crippen molar-refractivity contribution in [2.45, 2.75) is 32.7 Å². The fourth-order valence-corrected chi connectivity index (χ4v) is 3.58. The molecule has 18 heavy (non-hydrogen) atoms. The Morgan fingerprint density at radius 3 is 2.89 bits per heavy atom. The minimum atomic E-state index is 0.656. The second-order valence-electron chi connectivity index (χ2n) is 5.01. The maximum Gasteiger partial charge on any atom is 0.183 e. The Balaban J connectivity index is 1.86. The summed E-state index contributed by atoms with van der Waals surface area (Å²) in [6.45, 7) is 7.98. The number of nitrogens with one attached hydrogen (secondary N) is 1. The van der Waals surface area contributed by atoms with Crippen molar-refractivity contribution in [1.82, 2.24) is 15.2 Å². The van der Waals surface area contributed by atoms with Gasteiger partial charge in [0.1, 0.15) is 0 Å². The van der Waals surface area contributed by atoms with Gasteiger partial charge in [-0.3, -0.25) is 4.90 Å². The van der Waals surface area contributed by atoms with Crippen molar-refractivity contribution in [2.75, 3.05) is 26.2 Å². The highest BCUT2D eigenvalue weighted by Crippen LogP contribution is 2.21. The van der Waals surface area contributed by atoms with Gasteiger partial charge < -0.3 is 5.32 Å². The first-order valence-electron chi connectivity index (χ1n) is 6.81. The number of halogens is 1. The van der Waals surface area contributed by atoms with Crippen LogP contribution in [0.2, 0.25) is 4.47 Å². The molecule has 0 bridgehead atoms. The number of hydrogen-bond acceptors (Lipinski definition) is 4. The Morgan fingerprint density at radius 2 is 2.28 bits per heavy atom. The third-order valence-corrected chi connectivity index (χ3v) is 4.52. The fraction of sp³-hybridized carbons (Fsp3) is 0.769. The fourth-order valence-electron chi connectivity index (χ4n) is 2.56. The molecule has 0 amide bonds. The van der Waals surface area contributed by atoms with Crippen molar-refractivity contribution in [3.63, 3.8) is 0 Å². The van der Waals surface area contributed by atoms with Gasteiger partial charge in [-0.05, 0) is 44.8 Å². The van der Waals surface area contributed by atoms with Gasteiger partial charge in [-0.2, -0.15) is 0 Å². The minimum Gasteiger partial charge on any atom is -0.317 e. The average molecular weight is 288 g/mol. The molecule has 0 radical (unpaired) electrons. The lowest BCUT2D eigenvalue weighted by molar-refractivity contribution is 0.200. The van der Waals surface area contributed by atoms with Crippen LogP contribution in [0.1, 0.15) is 31.1 Å². The van der Waals surface area contributed by atoms with Gasteiger partial charge in [-0.15, -0.1) is 11.3 Å². The van der Waals surface area contributed by atoms with Crippen LogP contribution in [0.25, 0.3) is 0 Å². The molecular formula is C13H22ClN3S. The standard InChI is InChI=1S/C13H22ClN3S/c1-2-7-17(9-11-3-5-15-6-4-11)10-12-8-16-13(14)18-12/h8,11,15H,2-7,9-10H2,1H3. The van der Waals surface area contributed by atoms with E-state index >= 15 is 0 Å². The molecule has 1 N–H and O–H groups in total. The molecule has 1 aliphatic rings. The third-order valence-electron chi connectivity index (χ3n) is 3.42. The number of rotatable bonds is 6. The van der Waals surface area contributed by atoms with E-state index in [4.69, 9.17) is 11.6 Å². The summed E-state index contributed by atoms with van der Waals surface area (Å²) in [6.07, 6.45) is 5.74. The molecule has 102 valence electrons. The van der Waals surface area contributed by atoms with Crippen molar-refractivity contribution < 1.29 is 0 Å². The average Bonchev–Trinajstić information content (AvgIpc) is 2.76. The molecular weight excluding hydrogens is 266 g/mol. The number of aromatic nitrogens is 1. The van der Waals surface area contributed by atoms with E-state index in [1.165, 1.54) is 50.3 Å². The number of piperidine rings is 1. The molecule has 1 fully saturated rings. The van der Waals surface area contributed by atoms with E-state index in [0.717, 1.165) is 12.5 Å². The first-order valence-corrected chi connectivity index (χ1v) is 8.00. The maximum atomic E-state index is 5.89. The number of thiazole rings is 1. The van der Waals surface area contributed by atoms with Gasteiger partial charge in [-0.25, -0.2) is 4.98 Å². The second-order valence-corrected chi connectivity index (χ2v) is 6.71. The van der Waals surface area contributed by atoms with Crippen LogP contribution in [-0.4, -0.2) is 36.1 Å². The normalized spacial score (nSPS) is 17.5. The molecule has 3 nitrogen and oxygen atoms in total. The van der Waals surface area contributed by atoms with Crippen molar-refractivity contribution in [3.05, 3.63) is 15.5 Å². The summed E-state index contributed by atoms with van der Waals surface area (Å²) >= 11 is 7.50. The van der Waals surface area contributed by atoms with E-state index in [1.807, 2.05) is 6.20 Å². The molecule has 1 saturated heterocycles. The van der Waals surface area contributed by atoms with E-state index in [2.05, 4.69) is 22.1 Å². The molecule has 5 heteroatoms. The van der Waals surface area contributed by atoms with E-state index in [1.54, 1.807) is 11.3 Å². The molecule has 1 aromatic heterocycles. The van der Waals surface area contributed by atoms with E-state index < -0.39 is 0 Å². The van der Waals surface area contributed by atoms with E-state index in [-0.39, 0.29) is 0 Å². The van der Waals surface area contributed by atoms with Gasteiger partial charge in [0.05, 0.1) is 0 Å². The highest BCUT2D eigenvalue weighted by Gasteiger charge is 2.17. The molecule has 0 atom stereocenters. The molecule has 0 aliphatic carbocycles. The quantitative estimate of drug-likeness (QED) is 0.872. The molecule has 0 saturated carbocycles. The predicted molar refractivity (Wildman–Crippen MR) is 78.3 cm³/mol. The highest BCUT2D eigenvalue weighted by atomic mass is 35.5. The monoisotopic (exact) mass is 287 g/mol. The first kappa shape index (κ1) is 14.3. The summed E-state index contributed by atoms with van der Waals surface area (Å²) in [6, 6.07) is 0. The molecule has 0 aromatic carbocycles. The van der Waals surface area contributed by atoms with Crippen LogP contribution in [-0.2, 0) is 6.54 Å². The summed E-state index contributed by atoms with van der Waals surface area (Å²) in [5.74, 6) is 0.848. The molecule has 2 rings (SSSR count). The van der Waals surface area contributed by atoms with Crippen LogP contribution in [0, 0.1) is 5.92 Å². The SMILES string of the molecule is CCCN(Cc1cnc(Cl)s1)CC1CCNCC1.